The lowest BCUT2D eigenvalue weighted by atomic mass is 10.1. The van der Waals surface area contributed by atoms with Crippen LogP contribution in [-0.2, 0) is 16.0 Å². The normalized spacial score (nSPS) is 13.3. The molecule has 2 unspecified atom stereocenters. The van der Waals surface area contributed by atoms with Crippen LogP contribution in [0.3, 0.4) is 0 Å². The second kappa shape index (κ2) is 9.15. The van der Waals surface area contributed by atoms with Gasteiger partial charge in [-0.25, -0.2) is 9.78 Å². The number of nitrogens with zero attached hydrogens (tertiary/aromatic N) is 1. The second-order valence-corrected chi connectivity index (χ2v) is 6.31. The highest BCUT2D eigenvalue weighted by Gasteiger charge is 2.25. The standard InChI is InChI=1S/C19H25N3O4/c1-4-25-19(24)14(10-13-8-6-5-7-9-13)21-17(23)15-11-26-18(22-15)16(20)12(2)3/h5-9,11-12,14,16H,4,10,20H2,1-3H3,(H,21,23). The molecule has 2 rings (SSSR count). The average molecular weight is 359 g/mol. The fourth-order valence-electron chi connectivity index (χ4n) is 2.35. The van der Waals surface area contributed by atoms with E-state index in [1.807, 2.05) is 44.2 Å². The molecule has 0 bridgehead atoms. The molecule has 2 aromatic rings. The molecule has 1 aromatic carbocycles. The first kappa shape index (κ1) is 19.7. The number of carbonyl (C=O) groups excluding carboxylic acids is 2. The van der Waals surface area contributed by atoms with Gasteiger partial charge in [-0.05, 0) is 18.4 Å². The number of benzene rings is 1. The highest BCUT2D eigenvalue weighted by Crippen LogP contribution is 2.18. The van der Waals surface area contributed by atoms with Crippen LogP contribution in [0.15, 0.2) is 41.0 Å². The first-order valence-electron chi connectivity index (χ1n) is 8.64. The van der Waals surface area contributed by atoms with Crippen molar-refractivity contribution in [2.24, 2.45) is 11.7 Å². The zero-order chi connectivity index (χ0) is 19.1. The van der Waals surface area contributed by atoms with Gasteiger partial charge in [0.15, 0.2) is 5.69 Å². The lowest BCUT2D eigenvalue weighted by Gasteiger charge is -2.16. The summed E-state index contributed by atoms with van der Waals surface area (Å²) in [5.74, 6) is -0.590. The first-order chi connectivity index (χ1) is 12.4. The molecule has 7 heteroatoms. The monoisotopic (exact) mass is 359 g/mol. The van der Waals surface area contributed by atoms with E-state index in [2.05, 4.69) is 10.3 Å². The van der Waals surface area contributed by atoms with Crippen LogP contribution in [0.1, 0.15) is 48.8 Å². The fourth-order valence-corrected chi connectivity index (χ4v) is 2.35. The van der Waals surface area contributed by atoms with E-state index in [0.717, 1.165) is 5.56 Å². The highest BCUT2D eigenvalue weighted by molar-refractivity contribution is 5.95. The number of esters is 1. The Kier molecular flexibility index (Phi) is 6.91. The summed E-state index contributed by atoms with van der Waals surface area (Å²) in [6.45, 7) is 5.82. The minimum absolute atomic E-state index is 0.0819. The third-order valence-electron chi connectivity index (χ3n) is 3.92. The summed E-state index contributed by atoms with van der Waals surface area (Å²) in [5, 5.41) is 2.67. The number of rotatable bonds is 8. The van der Waals surface area contributed by atoms with Crippen molar-refractivity contribution in [2.75, 3.05) is 6.61 Å². The van der Waals surface area contributed by atoms with E-state index in [-0.39, 0.29) is 18.2 Å². The molecule has 1 aromatic heterocycles. The van der Waals surface area contributed by atoms with Crippen LogP contribution in [0.5, 0.6) is 0 Å². The lowest BCUT2D eigenvalue weighted by molar-refractivity contribution is -0.145. The van der Waals surface area contributed by atoms with Crippen LogP contribution in [-0.4, -0.2) is 29.5 Å². The number of ether oxygens (including phenoxy) is 1. The highest BCUT2D eigenvalue weighted by atomic mass is 16.5. The molecule has 0 spiro atoms. The quantitative estimate of drug-likeness (QED) is 0.700. The first-order valence-corrected chi connectivity index (χ1v) is 8.64. The third-order valence-corrected chi connectivity index (χ3v) is 3.92. The van der Waals surface area contributed by atoms with Crippen LogP contribution in [0, 0.1) is 5.92 Å². The Bertz CT molecular complexity index is 727. The molecular formula is C19H25N3O4. The molecule has 0 aliphatic rings. The molecule has 140 valence electrons. The van der Waals surface area contributed by atoms with E-state index in [1.54, 1.807) is 6.92 Å². The van der Waals surface area contributed by atoms with Crippen LogP contribution in [0.25, 0.3) is 0 Å². The van der Waals surface area contributed by atoms with Gasteiger partial charge in [0, 0.05) is 6.42 Å². The summed E-state index contributed by atoms with van der Waals surface area (Å²) in [5.41, 5.74) is 6.97. The average Bonchev–Trinajstić information content (AvgIpc) is 3.11. The molecule has 0 fully saturated rings. The van der Waals surface area contributed by atoms with Gasteiger partial charge < -0.3 is 20.2 Å². The Morgan fingerprint density at radius 3 is 2.58 bits per heavy atom. The third kappa shape index (κ3) is 5.16. The number of aromatic nitrogens is 1. The number of nitrogens with one attached hydrogen (secondary N) is 1. The minimum Gasteiger partial charge on any atom is -0.464 e. The number of hydrogen-bond acceptors (Lipinski definition) is 6. The topological polar surface area (TPSA) is 107 Å². The Morgan fingerprint density at radius 2 is 1.96 bits per heavy atom. The Morgan fingerprint density at radius 1 is 1.27 bits per heavy atom. The SMILES string of the molecule is CCOC(=O)C(Cc1ccccc1)NC(=O)c1coc(C(N)C(C)C)n1. The molecule has 0 aliphatic carbocycles. The van der Waals surface area contributed by atoms with Crippen molar-refractivity contribution in [3.8, 4) is 0 Å². The maximum Gasteiger partial charge on any atom is 0.328 e. The summed E-state index contributed by atoms with van der Waals surface area (Å²) < 4.78 is 10.4. The number of hydrogen-bond donors (Lipinski definition) is 2. The van der Waals surface area contributed by atoms with Crippen LogP contribution in [0.4, 0.5) is 0 Å². The fraction of sp³-hybridized carbons (Fsp3) is 0.421. The largest absolute Gasteiger partial charge is 0.464 e. The number of carbonyl (C=O) groups is 2. The molecule has 26 heavy (non-hydrogen) atoms. The van der Waals surface area contributed by atoms with Crippen molar-refractivity contribution in [3.05, 3.63) is 53.7 Å². The zero-order valence-electron chi connectivity index (χ0n) is 15.3. The van der Waals surface area contributed by atoms with E-state index >= 15 is 0 Å². The smallest absolute Gasteiger partial charge is 0.328 e. The molecular weight excluding hydrogens is 334 g/mol. The summed E-state index contributed by atoms with van der Waals surface area (Å²) >= 11 is 0. The summed E-state index contributed by atoms with van der Waals surface area (Å²) in [7, 11) is 0. The van der Waals surface area contributed by atoms with Gasteiger partial charge in [0.2, 0.25) is 5.89 Å². The van der Waals surface area contributed by atoms with Gasteiger partial charge in [-0.1, -0.05) is 44.2 Å². The van der Waals surface area contributed by atoms with E-state index in [4.69, 9.17) is 14.9 Å². The molecule has 7 nitrogen and oxygen atoms in total. The van der Waals surface area contributed by atoms with E-state index < -0.39 is 24.0 Å². The van der Waals surface area contributed by atoms with Gasteiger partial charge in [-0.2, -0.15) is 0 Å². The van der Waals surface area contributed by atoms with Gasteiger partial charge in [0.25, 0.3) is 5.91 Å². The van der Waals surface area contributed by atoms with Gasteiger partial charge in [0.1, 0.15) is 12.3 Å². The Balaban J connectivity index is 2.11. The molecule has 1 heterocycles. The van der Waals surface area contributed by atoms with Crippen molar-refractivity contribution >= 4 is 11.9 Å². The van der Waals surface area contributed by atoms with Crippen LogP contribution < -0.4 is 11.1 Å². The Labute approximate surface area is 152 Å². The van der Waals surface area contributed by atoms with Gasteiger partial charge in [0.05, 0.1) is 12.6 Å². The van der Waals surface area contributed by atoms with E-state index in [9.17, 15) is 9.59 Å². The molecule has 0 saturated carbocycles. The molecule has 0 radical (unpaired) electrons. The van der Waals surface area contributed by atoms with Crippen molar-refractivity contribution in [2.45, 2.75) is 39.3 Å². The van der Waals surface area contributed by atoms with Crippen molar-refractivity contribution in [3.63, 3.8) is 0 Å². The predicted octanol–water partition coefficient (Wildman–Crippen LogP) is 2.23. The summed E-state index contributed by atoms with van der Waals surface area (Å²) in [4.78, 5) is 28.8. The molecule has 3 N–H and O–H groups in total. The maximum atomic E-state index is 12.5. The molecule has 2 atom stereocenters. The van der Waals surface area contributed by atoms with Gasteiger partial charge >= 0.3 is 5.97 Å². The number of nitrogens with two attached hydrogens (primary N) is 1. The van der Waals surface area contributed by atoms with Crippen LogP contribution in [0.2, 0.25) is 0 Å². The molecule has 0 saturated heterocycles. The molecule has 0 aliphatic heterocycles. The maximum absolute atomic E-state index is 12.5. The predicted molar refractivity (Wildman–Crippen MR) is 96.3 cm³/mol. The van der Waals surface area contributed by atoms with Gasteiger partial charge in [-0.15, -0.1) is 0 Å². The Hall–Kier alpha value is -2.67. The van der Waals surface area contributed by atoms with Crippen LogP contribution >= 0.6 is 0 Å². The van der Waals surface area contributed by atoms with Gasteiger partial charge in [-0.3, -0.25) is 4.79 Å². The molecule has 1 amide bonds. The zero-order valence-corrected chi connectivity index (χ0v) is 15.3. The summed E-state index contributed by atoms with van der Waals surface area (Å²) in [6.07, 6.45) is 1.57. The summed E-state index contributed by atoms with van der Waals surface area (Å²) in [6, 6.07) is 8.18. The van der Waals surface area contributed by atoms with E-state index in [1.165, 1.54) is 6.26 Å². The lowest BCUT2D eigenvalue weighted by Crippen LogP contribution is -2.43. The van der Waals surface area contributed by atoms with E-state index in [0.29, 0.717) is 12.3 Å². The number of amides is 1. The van der Waals surface area contributed by atoms with Crippen molar-refractivity contribution in [1.29, 1.82) is 0 Å². The second-order valence-electron chi connectivity index (χ2n) is 6.31. The number of oxazole rings is 1. The van der Waals surface area contributed by atoms with Crippen molar-refractivity contribution in [1.82, 2.24) is 10.3 Å². The van der Waals surface area contributed by atoms with Crippen molar-refractivity contribution < 1.29 is 18.7 Å². The minimum atomic E-state index is -0.816.